The number of hydrogen-bond acceptors (Lipinski definition) is 3. The van der Waals surface area contributed by atoms with E-state index in [9.17, 15) is 0 Å². The molecule has 0 unspecified atom stereocenters. The average Bonchev–Trinajstić information content (AvgIpc) is 2.87. The van der Waals surface area contributed by atoms with Crippen LogP contribution in [0.15, 0.2) is 36.8 Å². The Hall–Kier alpha value is -1.81. The third-order valence-electron chi connectivity index (χ3n) is 2.84. The molecule has 0 aromatic carbocycles. The predicted octanol–water partition coefficient (Wildman–Crippen LogP) is 2.20. The molecule has 0 fully saturated rings. The Morgan fingerprint density at radius 1 is 1.22 bits per heavy atom. The molecule has 2 aromatic heterocycles. The lowest BCUT2D eigenvalue weighted by molar-refractivity contribution is 0.397. The summed E-state index contributed by atoms with van der Waals surface area (Å²) in [6.45, 7) is 4.84. The zero-order chi connectivity index (χ0) is 12.8. The first-order valence-corrected chi connectivity index (χ1v) is 6.16. The Kier molecular flexibility index (Phi) is 4.36. The Balaban J connectivity index is 1.80. The first-order valence-electron chi connectivity index (χ1n) is 6.16. The zero-order valence-electron chi connectivity index (χ0n) is 10.9. The van der Waals surface area contributed by atoms with Crippen LogP contribution in [0, 0.1) is 0 Å². The predicted molar refractivity (Wildman–Crippen MR) is 71.4 cm³/mol. The maximum absolute atomic E-state index is 5.02. The molecular formula is C14H19N3O. The van der Waals surface area contributed by atoms with Gasteiger partial charge in [-0.05, 0) is 24.1 Å². The number of nitrogens with zero attached hydrogens (tertiary/aromatic N) is 2. The van der Waals surface area contributed by atoms with E-state index in [2.05, 4.69) is 40.3 Å². The van der Waals surface area contributed by atoms with Crippen LogP contribution in [-0.2, 0) is 19.6 Å². The third-order valence-corrected chi connectivity index (χ3v) is 2.84. The highest BCUT2D eigenvalue weighted by Gasteiger charge is 1.98. The molecule has 0 aliphatic rings. The van der Waals surface area contributed by atoms with Gasteiger partial charge in [-0.2, -0.15) is 0 Å². The number of hydrogen-bond donors (Lipinski definition) is 1. The molecule has 0 saturated carbocycles. The van der Waals surface area contributed by atoms with Crippen LogP contribution < -0.4 is 10.1 Å². The van der Waals surface area contributed by atoms with Crippen LogP contribution in [0.1, 0.15) is 18.1 Å². The van der Waals surface area contributed by atoms with Gasteiger partial charge in [0.25, 0.3) is 0 Å². The molecule has 2 rings (SSSR count). The lowest BCUT2D eigenvalue weighted by Gasteiger charge is -2.04. The van der Waals surface area contributed by atoms with E-state index in [1.807, 2.05) is 18.3 Å². The molecule has 4 heteroatoms. The summed E-state index contributed by atoms with van der Waals surface area (Å²) in [7, 11) is 1.62. The van der Waals surface area contributed by atoms with E-state index in [-0.39, 0.29) is 0 Å². The van der Waals surface area contributed by atoms with Crippen molar-refractivity contribution >= 4 is 0 Å². The standard InChI is InChI=1S/C14H19N3O/c1-3-17-7-6-13(11-17)9-15-8-12-4-5-14(18-2)16-10-12/h4-7,10-11,15H,3,8-9H2,1-2H3. The minimum atomic E-state index is 0.652. The lowest BCUT2D eigenvalue weighted by Crippen LogP contribution is -2.12. The first-order chi connectivity index (χ1) is 8.81. The molecule has 0 aliphatic carbocycles. The molecule has 0 radical (unpaired) electrons. The summed E-state index contributed by atoms with van der Waals surface area (Å²) < 4.78 is 7.20. The van der Waals surface area contributed by atoms with Gasteiger partial charge < -0.3 is 14.6 Å². The van der Waals surface area contributed by atoms with Crippen molar-refractivity contribution in [2.45, 2.75) is 26.6 Å². The number of rotatable bonds is 6. The van der Waals surface area contributed by atoms with Gasteiger partial charge in [-0.1, -0.05) is 6.07 Å². The third kappa shape index (κ3) is 3.34. The number of nitrogens with one attached hydrogen (secondary N) is 1. The van der Waals surface area contributed by atoms with Crippen LogP contribution in [0.4, 0.5) is 0 Å². The van der Waals surface area contributed by atoms with Crippen molar-refractivity contribution in [2.75, 3.05) is 7.11 Å². The second kappa shape index (κ2) is 6.21. The van der Waals surface area contributed by atoms with Gasteiger partial charge in [0.05, 0.1) is 7.11 Å². The van der Waals surface area contributed by atoms with Gasteiger partial charge in [-0.3, -0.25) is 0 Å². The molecule has 0 bridgehead atoms. The fourth-order valence-corrected chi connectivity index (χ4v) is 1.78. The van der Waals surface area contributed by atoms with Gasteiger partial charge in [0.1, 0.15) is 0 Å². The normalized spacial score (nSPS) is 10.6. The largest absolute Gasteiger partial charge is 0.481 e. The highest BCUT2D eigenvalue weighted by Crippen LogP contribution is 2.07. The van der Waals surface area contributed by atoms with Crippen LogP contribution >= 0.6 is 0 Å². The van der Waals surface area contributed by atoms with Crippen molar-refractivity contribution in [1.29, 1.82) is 0 Å². The molecule has 0 atom stereocenters. The van der Waals surface area contributed by atoms with Crippen LogP contribution in [0.2, 0.25) is 0 Å². The molecule has 0 aliphatic heterocycles. The van der Waals surface area contributed by atoms with Crippen molar-refractivity contribution in [2.24, 2.45) is 0 Å². The van der Waals surface area contributed by atoms with E-state index < -0.39 is 0 Å². The van der Waals surface area contributed by atoms with E-state index in [0.29, 0.717) is 5.88 Å². The quantitative estimate of drug-likeness (QED) is 0.848. The minimum absolute atomic E-state index is 0.652. The Morgan fingerprint density at radius 3 is 2.67 bits per heavy atom. The highest BCUT2D eigenvalue weighted by molar-refractivity contribution is 5.18. The van der Waals surface area contributed by atoms with Gasteiger partial charge in [0.2, 0.25) is 5.88 Å². The minimum Gasteiger partial charge on any atom is -0.481 e. The van der Waals surface area contributed by atoms with Crippen molar-refractivity contribution in [1.82, 2.24) is 14.9 Å². The Morgan fingerprint density at radius 2 is 2.06 bits per heavy atom. The summed E-state index contributed by atoms with van der Waals surface area (Å²) in [6, 6.07) is 6.05. The van der Waals surface area contributed by atoms with Gasteiger partial charge >= 0.3 is 0 Å². The summed E-state index contributed by atoms with van der Waals surface area (Å²) in [5.74, 6) is 0.652. The van der Waals surface area contributed by atoms with Crippen molar-refractivity contribution in [3.8, 4) is 5.88 Å². The molecule has 1 N–H and O–H groups in total. The van der Waals surface area contributed by atoms with Crippen LogP contribution in [0.25, 0.3) is 0 Å². The number of pyridine rings is 1. The number of ether oxygens (including phenoxy) is 1. The summed E-state index contributed by atoms with van der Waals surface area (Å²) in [4.78, 5) is 4.17. The van der Waals surface area contributed by atoms with E-state index in [1.165, 1.54) is 5.56 Å². The van der Waals surface area contributed by atoms with Crippen molar-refractivity contribution in [3.63, 3.8) is 0 Å². The molecule has 0 spiro atoms. The molecule has 0 saturated heterocycles. The number of aromatic nitrogens is 2. The topological polar surface area (TPSA) is 39.1 Å². The number of methoxy groups -OCH3 is 1. The van der Waals surface area contributed by atoms with Crippen molar-refractivity contribution in [3.05, 3.63) is 47.9 Å². The zero-order valence-corrected chi connectivity index (χ0v) is 10.9. The van der Waals surface area contributed by atoms with Crippen LogP contribution in [-0.4, -0.2) is 16.7 Å². The average molecular weight is 245 g/mol. The van der Waals surface area contributed by atoms with E-state index in [4.69, 9.17) is 4.74 Å². The molecule has 4 nitrogen and oxygen atoms in total. The fraction of sp³-hybridized carbons (Fsp3) is 0.357. The van der Waals surface area contributed by atoms with Gasteiger partial charge in [0.15, 0.2) is 0 Å². The second-order valence-corrected chi connectivity index (χ2v) is 4.16. The summed E-state index contributed by atoms with van der Waals surface area (Å²) >= 11 is 0. The smallest absolute Gasteiger partial charge is 0.212 e. The Labute approximate surface area is 108 Å². The fourth-order valence-electron chi connectivity index (χ4n) is 1.78. The first kappa shape index (κ1) is 12.6. The molecule has 2 heterocycles. The van der Waals surface area contributed by atoms with Crippen LogP contribution in [0.3, 0.4) is 0 Å². The number of aryl methyl sites for hydroxylation is 1. The maximum Gasteiger partial charge on any atom is 0.212 e. The van der Waals surface area contributed by atoms with Gasteiger partial charge in [-0.25, -0.2) is 4.98 Å². The van der Waals surface area contributed by atoms with E-state index in [1.54, 1.807) is 7.11 Å². The summed E-state index contributed by atoms with van der Waals surface area (Å²) in [5, 5.41) is 3.40. The summed E-state index contributed by atoms with van der Waals surface area (Å²) in [6.07, 6.45) is 6.11. The van der Waals surface area contributed by atoms with E-state index in [0.717, 1.165) is 25.2 Å². The van der Waals surface area contributed by atoms with Gasteiger partial charge in [0, 0.05) is 44.3 Å². The molecular weight excluding hydrogens is 226 g/mol. The highest BCUT2D eigenvalue weighted by atomic mass is 16.5. The maximum atomic E-state index is 5.02. The SMILES string of the molecule is CCn1ccc(CNCc2ccc(OC)nc2)c1. The molecule has 0 amide bonds. The van der Waals surface area contributed by atoms with E-state index >= 15 is 0 Å². The van der Waals surface area contributed by atoms with Gasteiger partial charge in [-0.15, -0.1) is 0 Å². The second-order valence-electron chi connectivity index (χ2n) is 4.16. The molecule has 96 valence electrons. The van der Waals surface area contributed by atoms with Crippen molar-refractivity contribution < 1.29 is 4.74 Å². The molecule has 2 aromatic rings. The van der Waals surface area contributed by atoms with Crippen LogP contribution in [0.5, 0.6) is 5.88 Å². The Bertz CT molecular complexity index is 476. The monoisotopic (exact) mass is 245 g/mol. The lowest BCUT2D eigenvalue weighted by atomic mass is 10.2. The summed E-state index contributed by atoms with van der Waals surface area (Å²) in [5.41, 5.74) is 2.46. The molecule has 18 heavy (non-hydrogen) atoms.